The van der Waals surface area contributed by atoms with E-state index in [1.165, 1.54) is 0 Å². The topological polar surface area (TPSA) is 78.6 Å². The van der Waals surface area contributed by atoms with Crippen LogP contribution in [0.2, 0.25) is 0 Å². The monoisotopic (exact) mass is 269 g/mol. The second-order valence-electron chi connectivity index (χ2n) is 3.92. The largest absolute Gasteiger partial charge is 0.486 e. The molecule has 98 valence electrons. The van der Waals surface area contributed by atoms with Crippen molar-refractivity contribution in [3.05, 3.63) is 23.8 Å². The van der Waals surface area contributed by atoms with Crippen molar-refractivity contribution < 1.29 is 17.9 Å². The van der Waals surface area contributed by atoms with Crippen LogP contribution in [0.1, 0.15) is 5.56 Å². The lowest BCUT2D eigenvalue weighted by Crippen LogP contribution is -2.18. The van der Waals surface area contributed by atoms with Gasteiger partial charge >= 0.3 is 0 Å². The summed E-state index contributed by atoms with van der Waals surface area (Å²) in [4.78, 5) is 0.157. The first-order chi connectivity index (χ1) is 8.54. The van der Waals surface area contributed by atoms with Crippen molar-refractivity contribution in [2.24, 2.45) is 5.73 Å². The number of fused-ring (bicyclic) bond motifs is 1. The molecule has 1 heterocycles. The highest BCUT2D eigenvalue weighted by molar-refractivity contribution is 7.90. The van der Waals surface area contributed by atoms with E-state index in [1.807, 2.05) is 0 Å². The Kier molecular flexibility index (Phi) is 3.58. The van der Waals surface area contributed by atoms with Gasteiger partial charge in [-0.25, -0.2) is 8.42 Å². The Labute approximate surface area is 106 Å². The molecule has 0 aromatic heterocycles. The lowest BCUT2D eigenvalue weighted by molar-refractivity contribution is 0.167. The van der Waals surface area contributed by atoms with E-state index in [0.29, 0.717) is 36.8 Å². The van der Waals surface area contributed by atoms with E-state index in [4.69, 9.17) is 15.2 Å². The highest BCUT2D eigenvalue weighted by atomic mass is 32.2. The summed E-state index contributed by atoms with van der Waals surface area (Å²) in [5.41, 5.74) is 5.94. The second kappa shape index (κ2) is 4.99. The predicted octanol–water partition coefficient (Wildman–Crippen LogP) is 0.833. The third-order valence-corrected chi connectivity index (χ3v) is 3.66. The van der Waals surface area contributed by atoms with Crippen LogP contribution in [-0.2, 0) is 9.84 Å². The van der Waals surface area contributed by atoms with Crippen LogP contribution in [0, 0.1) is 0 Å². The molecule has 0 saturated carbocycles. The summed E-state index contributed by atoms with van der Waals surface area (Å²) in [6.45, 7) is 1.12. The summed E-state index contributed by atoms with van der Waals surface area (Å²) < 4.78 is 34.6. The zero-order valence-corrected chi connectivity index (χ0v) is 10.9. The molecule has 0 radical (unpaired) electrons. The molecule has 0 aliphatic carbocycles. The smallest absolute Gasteiger partial charge is 0.180 e. The van der Waals surface area contributed by atoms with Crippen LogP contribution >= 0.6 is 0 Å². The number of benzene rings is 1. The minimum Gasteiger partial charge on any atom is -0.486 e. The fourth-order valence-electron chi connectivity index (χ4n) is 1.81. The number of nitrogens with two attached hydrogens (primary N) is 1. The first-order valence-electron chi connectivity index (χ1n) is 5.53. The number of hydrogen-bond donors (Lipinski definition) is 1. The molecule has 1 aliphatic heterocycles. The van der Waals surface area contributed by atoms with E-state index in [-0.39, 0.29) is 4.90 Å². The normalized spacial score (nSPS) is 15.0. The van der Waals surface area contributed by atoms with Gasteiger partial charge in [0.2, 0.25) is 0 Å². The van der Waals surface area contributed by atoms with Crippen LogP contribution in [0.5, 0.6) is 11.5 Å². The summed E-state index contributed by atoms with van der Waals surface area (Å²) in [7, 11) is -3.40. The molecule has 0 saturated heterocycles. The van der Waals surface area contributed by atoms with E-state index in [1.54, 1.807) is 24.3 Å². The van der Waals surface area contributed by atoms with Gasteiger partial charge in [-0.05, 0) is 17.7 Å². The van der Waals surface area contributed by atoms with E-state index in [2.05, 4.69) is 0 Å². The number of ether oxygens (including phenoxy) is 2. The Morgan fingerprint density at radius 1 is 1.33 bits per heavy atom. The van der Waals surface area contributed by atoms with Crippen molar-refractivity contribution in [1.29, 1.82) is 0 Å². The van der Waals surface area contributed by atoms with Crippen LogP contribution in [0.15, 0.2) is 23.1 Å². The van der Waals surface area contributed by atoms with Crippen molar-refractivity contribution in [3.63, 3.8) is 0 Å². The fraction of sp³-hybridized carbons (Fsp3) is 0.333. The molecule has 18 heavy (non-hydrogen) atoms. The quantitative estimate of drug-likeness (QED) is 0.879. The third-order valence-electron chi connectivity index (χ3n) is 2.50. The summed E-state index contributed by atoms with van der Waals surface area (Å²) in [6, 6.07) is 3.40. The summed E-state index contributed by atoms with van der Waals surface area (Å²) in [5, 5.41) is 0. The molecule has 0 spiro atoms. The van der Waals surface area contributed by atoms with Gasteiger partial charge in [0.1, 0.15) is 18.1 Å². The number of rotatable bonds is 3. The van der Waals surface area contributed by atoms with Crippen molar-refractivity contribution in [2.75, 3.05) is 26.0 Å². The van der Waals surface area contributed by atoms with Gasteiger partial charge in [0.15, 0.2) is 21.3 Å². The Bertz CT molecular complexity index is 578. The van der Waals surface area contributed by atoms with Crippen LogP contribution in [0.25, 0.3) is 6.08 Å². The summed E-state index contributed by atoms with van der Waals surface area (Å²) >= 11 is 0. The van der Waals surface area contributed by atoms with Gasteiger partial charge in [0, 0.05) is 12.8 Å². The Morgan fingerprint density at radius 2 is 2.06 bits per heavy atom. The van der Waals surface area contributed by atoms with Gasteiger partial charge in [-0.15, -0.1) is 0 Å². The average molecular weight is 269 g/mol. The molecule has 2 rings (SSSR count). The lowest BCUT2D eigenvalue weighted by atomic mass is 10.1. The molecule has 2 N–H and O–H groups in total. The average Bonchev–Trinajstić information content (AvgIpc) is 2.34. The maximum absolute atomic E-state index is 11.9. The minimum atomic E-state index is -3.40. The van der Waals surface area contributed by atoms with Gasteiger partial charge in [0.05, 0.1) is 0 Å². The zero-order valence-electron chi connectivity index (χ0n) is 10.0. The molecule has 1 aliphatic rings. The van der Waals surface area contributed by atoms with Crippen LogP contribution in [0.4, 0.5) is 0 Å². The van der Waals surface area contributed by atoms with E-state index in [9.17, 15) is 8.42 Å². The van der Waals surface area contributed by atoms with E-state index < -0.39 is 9.84 Å². The molecule has 0 fully saturated rings. The van der Waals surface area contributed by atoms with Crippen LogP contribution in [0.3, 0.4) is 0 Å². The summed E-state index contributed by atoms with van der Waals surface area (Å²) in [5.74, 6) is 0.759. The molecule has 0 amide bonds. The maximum Gasteiger partial charge on any atom is 0.180 e. The van der Waals surface area contributed by atoms with Gasteiger partial charge < -0.3 is 15.2 Å². The van der Waals surface area contributed by atoms with Crippen molar-refractivity contribution in [2.45, 2.75) is 4.90 Å². The van der Waals surface area contributed by atoms with Crippen molar-refractivity contribution >= 4 is 15.9 Å². The van der Waals surface area contributed by atoms with Gasteiger partial charge in [0.25, 0.3) is 0 Å². The Balaban J connectivity index is 2.65. The highest BCUT2D eigenvalue weighted by Gasteiger charge is 2.24. The van der Waals surface area contributed by atoms with E-state index in [0.717, 1.165) is 6.26 Å². The maximum atomic E-state index is 11.9. The standard InChI is InChI=1S/C12H15NO4S/c1-18(14,15)12-9(3-2-6-13)4-5-10-11(12)17-8-7-16-10/h2-5H,6-8,13H2,1H3/b3-2+. The number of hydrogen-bond acceptors (Lipinski definition) is 5. The molecule has 1 aromatic carbocycles. The molecule has 0 unspecified atom stereocenters. The Hall–Kier alpha value is -1.53. The third kappa shape index (κ3) is 2.49. The van der Waals surface area contributed by atoms with Crippen molar-refractivity contribution in [1.82, 2.24) is 0 Å². The molecule has 0 atom stereocenters. The first kappa shape index (κ1) is 12.9. The van der Waals surface area contributed by atoms with E-state index >= 15 is 0 Å². The van der Waals surface area contributed by atoms with Gasteiger partial charge in [-0.2, -0.15) is 0 Å². The number of sulfone groups is 1. The molecular weight excluding hydrogens is 254 g/mol. The van der Waals surface area contributed by atoms with Crippen LogP contribution in [-0.4, -0.2) is 34.4 Å². The first-order valence-corrected chi connectivity index (χ1v) is 7.42. The van der Waals surface area contributed by atoms with Crippen LogP contribution < -0.4 is 15.2 Å². The minimum absolute atomic E-state index is 0.157. The molecule has 5 nitrogen and oxygen atoms in total. The molecule has 0 bridgehead atoms. The lowest BCUT2D eigenvalue weighted by Gasteiger charge is -2.21. The highest BCUT2D eigenvalue weighted by Crippen LogP contribution is 2.39. The molecular formula is C12H15NO4S. The van der Waals surface area contributed by atoms with Gasteiger partial charge in [-0.1, -0.05) is 12.2 Å². The Morgan fingerprint density at radius 3 is 2.72 bits per heavy atom. The second-order valence-corrected chi connectivity index (χ2v) is 5.87. The molecule has 1 aromatic rings. The molecule has 6 heteroatoms. The fourth-order valence-corrected chi connectivity index (χ4v) is 2.87. The predicted molar refractivity (Wildman–Crippen MR) is 68.6 cm³/mol. The SMILES string of the molecule is CS(=O)(=O)c1c(/C=C/CN)ccc2c1OCCO2. The van der Waals surface area contributed by atoms with Gasteiger partial charge in [-0.3, -0.25) is 0 Å². The van der Waals surface area contributed by atoms with Crippen molar-refractivity contribution in [3.8, 4) is 11.5 Å². The summed E-state index contributed by atoms with van der Waals surface area (Å²) in [6.07, 6.45) is 4.52. The zero-order chi connectivity index (χ0) is 13.2.